The Hall–Kier alpha value is -2.44. The molecule has 7 heteroatoms. The molecule has 0 heterocycles. The van der Waals surface area contributed by atoms with E-state index >= 15 is 0 Å². The molecule has 0 aliphatic rings. The summed E-state index contributed by atoms with van der Waals surface area (Å²) < 4.78 is 0. The first-order valence-corrected chi connectivity index (χ1v) is 6.57. The zero-order valence-electron chi connectivity index (χ0n) is 12.2. The molecule has 1 aromatic rings. The molecule has 0 saturated carbocycles. The van der Waals surface area contributed by atoms with Crippen LogP contribution in [0.15, 0.2) is 18.2 Å². The van der Waals surface area contributed by atoms with Crippen LogP contribution in [0.5, 0.6) is 0 Å². The summed E-state index contributed by atoms with van der Waals surface area (Å²) in [5.74, 6) is -1.70. The lowest BCUT2D eigenvalue weighted by Crippen LogP contribution is -2.35. The van der Waals surface area contributed by atoms with Crippen molar-refractivity contribution in [1.82, 2.24) is 4.90 Å². The minimum Gasteiger partial charge on any atom is -0.480 e. The number of nitrogens with zero attached hydrogens (tertiary/aromatic N) is 2. The number of rotatable bonds is 6. The minimum atomic E-state index is -1.13. The van der Waals surface area contributed by atoms with E-state index in [-0.39, 0.29) is 23.7 Å². The standard InChI is InChI=1S/C14H18N2O5/c1-4-15(8-13(17)18)14(19)10-5-6-11(9(2)3)12(7-10)16(20)21/h5-7,9H,4,8H2,1-3H3,(H,17,18). The molecule has 0 unspecified atom stereocenters. The van der Waals surface area contributed by atoms with Crippen molar-refractivity contribution in [2.24, 2.45) is 0 Å². The molecular weight excluding hydrogens is 276 g/mol. The van der Waals surface area contributed by atoms with Gasteiger partial charge in [-0.3, -0.25) is 19.7 Å². The van der Waals surface area contributed by atoms with E-state index in [2.05, 4.69) is 0 Å². The van der Waals surface area contributed by atoms with Crippen LogP contribution in [0.1, 0.15) is 42.6 Å². The van der Waals surface area contributed by atoms with Gasteiger partial charge in [0.15, 0.2) is 0 Å². The third-order valence-corrected chi connectivity index (χ3v) is 3.09. The molecule has 0 aromatic heterocycles. The number of nitro benzene ring substituents is 1. The lowest BCUT2D eigenvalue weighted by atomic mass is 9.99. The van der Waals surface area contributed by atoms with Gasteiger partial charge in [0, 0.05) is 23.7 Å². The number of carboxylic acid groups (broad SMARTS) is 1. The average Bonchev–Trinajstić information content (AvgIpc) is 2.42. The van der Waals surface area contributed by atoms with Crippen molar-refractivity contribution in [3.05, 3.63) is 39.4 Å². The smallest absolute Gasteiger partial charge is 0.323 e. The fourth-order valence-electron chi connectivity index (χ4n) is 2.00. The Morgan fingerprint density at radius 1 is 1.38 bits per heavy atom. The van der Waals surface area contributed by atoms with E-state index in [0.29, 0.717) is 5.56 Å². The summed E-state index contributed by atoms with van der Waals surface area (Å²) in [6.45, 7) is 5.08. The topological polar surface area (TPSA) is 101 Å². The number of benzene rings is 1. The molecule has 0 aliphatic heterocycles. The molecular formula is C14H18N2O5. The molecule has 1 rings (SSSR count). The van der Waals surface area contributed by atoms with Crippen LogP contribution in [0.3, 0.4) is 0 Å². The molecule has 0 fully saturated rings. The summed E-state index contributed by atoms with van der Waals surface area (Å²) in [6, 6.07) is 4.25. The summed E-state index contributed by atoms with van der Waals surface area (Å²) in [4.78, 5) is 34.6. The van der Waals surface area contributed by atoms with Crippen molar-refractivity contribution in [3.8, 4) is 0 Å². The van der Waals surface area contributed by atoms with Crippen LogP contribution in [-0.2, 0) is 4.79 Å². The van der Waals surface area contributed by atoms with Gasteiger partial charge in [-0.05, 0) is 18.9 Å². The lowest BCUT2D eigenvalue weighted by molar-refractivity contribution is -0.385. The van der Waals surface area contributed by atoms with Gasteiger partial charge in [0.05, 0.1) is 4.92 Å². The largest absolute Gasteiger partial charge is 0.480 e. The monoisotopic (exact) mass is 294 g/mol. The maximum Gasteiger partial charge on any atom is 0.323 e. The van der Waals surface area contributed by atoms with Gasteiger partial charge in [-0.25, -0.2) is 0 Å². The summed E-state index contributed by atoms with van der Waals surface area (Å²) in [7, 11) is 0. The molecule has 7 nitrogen and oxygen atoms in total. The van der Waals surface area contributed by atoms with E-state index in [1.165, 1.54) is 12.1 Å². The van der Waals surface area contributed by atoms with Crippen molar-refractivity contribution in [2.45, 2.75) is 26.7 Å². The first-order valence-electron chi connectivity index (χ1n) is 6.57. The molecule has 0 radical (unpaired) electrons. The molecule has 1 aromatic carbocycles. The summed E-state index contributed by atoms with van der Waals surface area (Å²) in [5.41, 5.74) is 0.536. The highest BCUT2D eigenvalue weighted by Crippen LogP contribution is 2.27. The number of aliphatic carboxylic acids is 1. The quantitative estimate of drug-likeness (QED) is 0.640. The zero-order valence-corrected chi connectivity index (χ0v) is 12.2. The lowest BCUT2D eigenvalue weighted by Gasteiger charge is -2.18. The predicted octanol–water partition coefficient (Wildman–Crippen LogP) is 2.26. The van der Waals surface area contributed by atoms with E-state index in [4.69, 9.17) is 5.11 Å². The van der Waals surface area contributed by atoms with Gasteiger partial charge < -0.3 is 10.0 Å². The normalized spacial score (nSPS) is 10.5. The van der Waals surface area contributed by atoms with Crippen LogP contribution in [0.2, 0.25) is 0 Å². The summed E-state index contributed by atoms with van der Waals surface area (Å²) >= 11 is 0. The van der Waals surface area contributed by atoms with Gasteiger partial charge >= 0.3 is 5.97 Å². The molecule has 0 saturated heterocycles. The number of amides is 1. The molecule has 114 valence electrons. The van der Waals surface area contributed by atoms with Crippen molar-refractivity contribution < 1.29 is 19.6 Å². The molecule has 0 aliphatic carbocycles. The van der Waals surface area contributed by atoms with Crippen LogP contribution in [-0.4, -0.2) is 39.9 Å². The van der Waals surface area contributed by atoms with E-state index in [1.807, 2.05) is 13.8 Å². The fraction of sp³-hybridized carbons (Fsp3) is 0.429. The van der Waals surface area contributed by atoms with Gasteiger partial charge in [-0.2, -0.15) is 0 Å². The predicted molar refractivity (Wildman–Crippen MR) is 76.4 cm³/mol. The van der Waals surface area contributed by atoms with E-state index in [9.17, 15) is 19.7 Å². The van der Waals surface area contributed by atoms with Crippen LogP contribution in [0, 0.1) is 10.1 Å². The second-order valence-corrected chi connectivity index (χ2v) is 4.90. The number of likely N-dealkylation sites (N-methyl/N-ethyl adjacent to an activating group) is 1. The third kappa shape index (κ3) is 4.01. The third-order valence-electron chi connectivity index (χ3n) is 3.09. The van der Waals surface area contributed by atoms with Crippen molar-refractivity contribution in [1.29, 1.82) is 0 Å². The second kappa shape index (κ2) is 6.83. The maximum absolute atomic E-state index is 12.2. The Kier molecular flexibility index (Phi) is 5.40. The van der Waals surface area contributed by atoms with Gasteiger partial charge in [-0.15, -0.1) is 0 Å². The van der Waals surface area contributed by atoms with Crippen LogP contribution in [0.25, 0.3) is 0 Å². The number of nitro groups is 1. The van der Waals surface area contributed by atoms with Gasteiger partial charge in [0.2, 0.25) is 0 Å². The first kappa shape index (κ1) is 16.6. The Labute approximate surface area is 122 Å². The molecule has 0 atom stereocenters. The highest BCUT2D eigenvalue weighted by atomic mass is 16.6. The Morgan fingerprint density at radius 2 is 2.00 bits per heavy atom. The SMILES string of the molecule is CCN(CC(=O)O)C(=O)c1ccc(C(C)C)c([N+](=O)[O-])c1. The van der Waals surface area contributed by atoms with Crippen molar-refractivity contribution in [2.75, 3.05) is 13.1 Å². The summed E-state index contributed by atoms with van der Waals surface area (Å²) in [6.07, 6.45) is 0. The maximum atomic E-state index is 12.2. The number of carbonyl (C=O) groups excluding carboxylic acids is 1. The Bertz CT molecular complexity index is 568. The van der Waals surface area contributed by atoms with Crippen molar-refractivity contribution in [3.63, 3.8) is 0 Å². The fourth-order valence-corrected chi connectivity index (χ4v) is 2.00. The number of hydrogen-bond acceptors (Lipinski definition) is 4. The van der Waals surface area contributed by atoms with Crippen LogP contribution in [0.4, 0.5) is 5.69 Å². The number of carbonyl (C=O) groups is 2. The van der Waals surface area contributed by atoms with Crippen LogP contribution >= 0.6 is 0 Å². The van der Waals surface area contributed by atoms with E-state index < -0.39 is 23.3 Å². The second-order valence-electron chi connectivity index (χ2n) is 4.90. The van der Waals surface area contributed by atoms with Gasteiger partial charge in [0.25, 0.3) is 11.6 Å². The number of hydrogen-bond donors (Lipinski definition) is 1. The molecule has 1 N–H and O–H groups in total. The minimum absolute atomic E-state index is 0.0455. The molecule has 1 amide bonds. The highest BCUT2D eigenvalue weighted by Gasteiger charge is 2.22. The Morgan fingerprint density at radius 3 is 2.43 bits per heavy atom. The van der Waals surface area contributed by atoms with E-state index in [1.54, 1.807) is 13.0 Å². The van der Waals surface area contributed by atoms with Crippen molar-refractivity contribution >= 4 is 17.6 Å². The Balaban J connectivity index is 3.19. The summed E-state index contributed by atoms with van der Waals surface area (Å²) in [5, 5.41) is 19.9. The molecule has 0 bridgehead atoms. The zero-order chi connectivity index (χ0) is 16.2. The highest BCUT2D eigenvalue weighted by molar-refractivity contribution is 5.96. The number of carboxylic acids is 1. The van der Waals surface area contributed by atoms with Gasteiger partial charge in [-0.1, -0.05) is 19.9 Å². The average molecular weight is 294 g/mol. The molecule has 21 heavy (non-hydrogen) atoms. The van der Waals surface area contributed by atoms with Gasteiger partial charge in [0.1, 0.15) is 6.54 Å². The van der Waals surface area contributed by atoms with Crippen LogP contribution < -0.4 is 0 Å². The van der Waals surface area contributed by atoms with E-state index in [0.717, 1.165) is 4.90 Å². The first-order chi connectivity index (χ1) is 9.77. The molecule has 0 spiro atoms.